The third kappa shape index (κ3) is 2.00. The molecule has 0 aliphatic carbocycles. The molecule has 1 aromatic rings. The molecule has 3 nitrogen and oxygen atoms in total. The van der Waals surface area contributed by atoms with E-state index < -0.39 is 0 Å². The summed E-state index contributed by atoms with van der Waals surface area (Å²) in [6.07, 6.45) is 2.63. The Kier molecular flexibility index (Phi) is 2.60. The normalized spacial score (nSPS) is 16.1. The molecule has 0 fully saturated rings. The van der Waals surface area contributed by atoms with Gasteiger partial charge in [-0.1, -0.05) is 30.3 Å². The Morgan fingerprint density at radius 3 is 2.79 bits per heavy atom. The molecule has 0 saturated carbocycles. The van der Waals surface area contributed by atoms with Crippen LogP contribution in [-0.2, 0) is 11.3 Å². The molecule has 72 valence electrons. The first kappa shape index (κ1) is 8.97. The van der Waals surface area contributed by atoms with Gasteiger partial charge in [0.15, 0.2) is 0 Å². The number of nitrogens with one attached hydrogen (secondary N) is 1. The minimum absolute atomic E-state index is 0.679. The van der Waals surface area contributed by atoms with Gasteiger partial charge in [-0.15, -0.1) is 0 Å². The molecule has 0 bridgehead atoms. The maximum absolute atomic E-state index is 10.5. The average molecular weight is 188 g/mol. The van der Waals surface area contributed by atoms with Gasteiger partial charge in [0, 0.05) is 24.9 Å². The molecular weight excluding hydrogens is 176 g/mol. The molecule has 1 heterocycles. The van der Waals surface area contributed by atoms with Crippen molar-refractivity contribution in [3.05, 3.63) is 47.7 Å². The molecule has 0 saturated heterocycles. The van der Waals surface area contributed by atoms with Crippen LogP contribution in [0.3, 0.4) is 0 Å². The summed E-state index contributed by atoms with van der Waals surface area (Å²) in [5.41, 5.74) is 5.08. The molecule has 0 spiro atoms. The molecule has 0 atom stereocenters. The Hall–Kier alpha value is -1.61. The van der Waals surface area contributed by atoms with Crippen LogP contribution in [0.4, 0.5) is 0 Å². The molecule has 3 heteroatoms. The predicted octanol–water partition coefficient (Wildman–Crippen LogP) is 1.09. The first-order valence-corrected chi connectivity index (χ1v) is 4.58. The van der Waals surface area contributed by atoms with Gasteiger partial charge in [-0.05, 0) is 5.56 Å². The van der Waals surface area contributed by atoms with E-state index in [1.807, 2.05) is 23.2 Å². The van der Waals surface area contributed by atoms with E-state index in [9.17, 15) is 4.79 Å². The van der Waals surface area contributed by atoms with Crippen LogP contribution in [0, 0.1) is 0 Å². The number of benzene rings is 1. The van der Waals surface area contributed by atoms with Crippen LogP contribution in [0.2, 0.25) is 0 Å². The topological polar surface area (TPSA) is 32.3 Å². The fourth-order valence-electron chi connectivity index (χ4n) is 1.46. The summed E-state index contributed by atoms with van der Waals surface area (Å²) in [6, 6.07) is 10.2. The molecule has 0 unspecified atom stereocenters. The lowest BCUT2D eigenvalue weighted by atomic mass is 10.2. The quantitative estimate of drug-likeness (QED) is 0.721. The number of rotatable bonds is 3. The van der Waals surface area contributed by atoms with Crippen LogP contribution in [0.1, 0.15) is 5.56 Å². The molecule has 0 aromatic heterocycles. The highest BCUT2D eigenvalue weighted by atomic mass is 16.1. The van der Waals surface area contributed by atoms with E-state index in [0.717, 1.165) is 18.4 Å². The summed E-state index contributed by atoms with van der Waals surface area (Å²) < 4.78 is 0. The van der Waals surface area contributed by atoms with Gasteiger partial charge in [0.2, 0.25) is 0 Å². The van der Waals surface area contributed by atoms with Crippen molar-refractivity contribution in [1.82, 2.24) is 10.4 Å². The van der Waals surface area contributed by atoms with Crippen molar-refractivity contribution >= 4 is 6.29 Å². The second-order valence-electron chi connectivity index (χ2n) is 3.31. The number of carbonyl (C=O) groups is 1. The summed E-state index contributed by atoms with van der Waals surface area (Å²) in [4.78, 5) is 10.5. The summed E-state index contributed by atoms with van der Waals surface area (Å²) in [7, 11) is 0. The van der Waals surface area contributed by atoms with Gasteiger partial charge in [0.05, 0.1) is 0 Å². The van der Waals surface area contributed by atoms with Crippen LogP contribution in [0.15, 0.2) is 42.1 Å². The third-order valence-electron chi connectivity index (χ3n) is 2.17. The van der Waals surface area contributed by atoms with Crippen LogP contribution in [0.25, 0.3) is 0 Å². The fourth-order valence-corrected chi connectivity index (χ4v) is 1.46. The minimum atomic E-state index is 0.679. The number of hydrazine groups is 1. The molecule has 1 aliphatic rings. The van der Waals surface area contributed by atoms with Crippen LogP contribution in [0.5, 0.6) is 0 Å². The molecule has 1 N–H and O–H groups in total. The lowest BCUT2D eigenvalue weighted by Gasteiger charge is -2.15. The number of hydrogen-bond donors (Lipinski definition) is 1. The summed E-state index contributed by atoms with van der Waals surface area (Å²) in [6.45, 7) is 1.49. The number of carbonyl (C=O) groups excluding carboxylic acids is 1. The van der Waals surface area contributed by atoms with Gasteiger partial charge in [-0.25, -0.2) is 5.01 Å². The highest BCUT2D eigenvalue weighted by Crippen LogP contribution is 2.07. The Labute approximate surface area is 83.0 Å². The van der Waals surface area contributed by atoms with Crippen molar-refractivity contribution in [3.8, 4) is 0 Å². The van der Waals surface area contributed by atoms with Gasteiger partial charge >= 0.3 is 0 Å². The zero-order valence-corrected chi connectivity index (χ0v) is 7.81. The van der Waals surface area contributed by atoms with Crippen molar-refractivity contribution in [2.24, 2.45) is 0 Å². The van der Waals surface area contributed by atoms with E-state index in [1.165, 1.54) is 5.56 Å². The maximum Gasteiger partial charge on any atom is 0.148 e. The van der Waals surface area contributed by atoms with E-state index in [4.69, 9.17) is 0 Å². The number of aldehydes is 1. The smallest absolute Gasteiger partial charge is 0.148 e. The first-order chi connectivity index (χ1) is 6.88. The molecule has 1 aliphatic heterocycles. The second-order valence-corrected chi connectivity index (χ2v) is 3.31. The van der Waals surface area contributed by atoms with Crippen molar-refractivity contribution in [1.29, 1.82) is 0 Å². The zero-order valence-electron chi connectivity index (χ0n) is 7.81. The highest BCUT2D eigenvalue weighted by molar-refractivity contribution is 5.74. The Morgan fingerprint density at radius 1 is 1.36 bits per heavy atom. The van der Waals surface area contributed by atoms with Gasteiger partial charge in [0.25, 0.3) is 0 Å². The second kappa shape index (κ2) is 4.07. The van der Waals surface area contributed by atoms with E-state index in [2.05, 4.69) is 17.6 Å². The summed E-state index contributed by atoms with van der Waals surface area (Å²) in [5.74, 6) is 0. The lowest BCUT2D eigenvalue weighted by Crippen LogP contribution is -2.29. The Bertz CT molecular complexity index is 346. The van der Waals surface area contributed by atoms with E-state index in [0.29, 0.717) is 6.54 Å². The van der Waals surface area contributed by atoms with E-state index >= 15 is 0 Å². The molecule has 14 heavy (non-hydrogen) atoms. The predicted molar refractivity (Wildman–Crippen MR) is 54.1 cm³/mol. The lowest BCUT2D eigenvalue weighted by molar-refractivity contribution is -0.105. The van der Waals surface area contributed by atoms with Gasteiger partial charge in [-0.2, -0.15) is 0 Å². The van der Waals surface area contributed by atoms with Crippen molar-refractivity contribution < 1.29 is 4.79 Å². The largest absolute Gasteiger partial charge is 0.325 e. The third-order valence-corrected chi connectivity index (χ3v) is 2.17. The van der Waals surface area contributed by atoms with Gasteiger partial charge in [0.1, 0.15) is 6.29 Å². The van der Waals surface area contributed by atoms with Crippen molar-refractivity contribution in [2.75, 3.05) is 6.54 Å². The summed E-state index contributed by atoms with van der Waals surface area (Å²) >= 11 is 0. The molecule has 2 rings (SSSR count). The Morgan fingerprint density at radius 2 is 2.14 bits per heavy atom. The average Bonchev–Trinajstić information content (AvgIpc) is 2.67. The van der Waals surface area contributed by atoms with E-state index in [1.54, 1.807) is 6.20 Å². The van der Waals surface area contributed by atoms with E-state index in [-0.39, 0.29) is 0 Å². The van der Waals surface area contributed by atoms with Gasteiger partial charge in [-0.3, -0.25) is 4.79 Å². The molecule has 0 amide bonds. The minimum Gasteiger partial charge on any atom is -0.325 e. The summed E-state index contributed by atoms with van der Waals surface area (Å²) in [5, 5.41) is 2.00. The van der Waals surface area contributed by atoms with Crippen LogP contribution < -0.4 is 5.43 Å². The number of hydrogen-bond acceptors (Lipinski definition) is 3. The fraction of sp³-hybridized carbons (Fsp3) is 0.182. The maximum atomic E-state index is 10.5. The Balaban J connectivity index is 1.92. The number of nitrogens with zero attached hydrogens (tertiary/aromatic N) is 1. The molecular formula is C11H12N2O. The van der Waals surface area contributed by atoms with Crippen LogP contribution >= 0.6 is 0 Å². The standard InChI is InChI=1S/C11H12N2O/c14-9-11-6-12-13(8-11)7-10-4-2-1-3-5-10/h1-6,9,12H,7-8H2. The zero-order chi connectivity index (χ0) is 9.80. The van der Waals surface area contributed by atoms with Gasteiger partial charge < -0.3 is 5.43 Å². The van der Waals surface area contributed by atoms with Crippen LogP contribution in [-0.4, -0.2) is 17.8 Å². The molecule has 1 aromatic carbocycles. The SMILES string of the molecule is O=CC1=CNN(Cc2ccccc2)C1. The highest BCUT2D eigenvalue weighted by Gasteiger charge is 2.12. The monoisotopic (exact) mass is 188 g/mol. The molecule has 0 radical (unpaired) electrons. The van der Waals surface area contributed by atoms with Crippen molar-refractivity contribution in [2.45, 2.75) is 6.54 Å². The van der Waals surface area contributed by atoms with Crippen molar-refractivity contribution in [3.63, 3.8) is 0 Å². The first-order valence-electron chi connectivity index (χ1n) is 4.58.